The Morgan fingerprint density at radius 1 is 1.18 bits per heavy atom. The summed E-state index contributed by atoms with van der Waals surface area (Å²) in [4.78, 5) is 32.9. The molecular formula is C25H31ClFN3O3. The molecule has 2 heterocycles. The average molecular weight is 476 g/mol. The van der Waals surface area contributed by atoms with Gasteiger partial charge in [-0.2, -0.15) is 0 Å². The van der Waals surface area contributed by atoms with Crippen LogP contribution in [0.15, 0.2) is 30.6 Å². The second-order valence-electron chi connectivity index (χ2n) is 9.60. The molecule has 1 aliphatic heterocycles. The van der Waals surface area contributed by atoms with Crippen molar-refractivity contribution in [2.75, 3.05) is 19.6 Å². The molecule has 33 heavy (non-hydrogen) atoms. The molecular weight excluding hydrogens is 445 g/mol. The highest BCUT2D eigenvalue weighted by Gasteiger charge is 2.31. The summed E-state index contributed by atoms with van der Waals surface area (Å²) in [7, 11) is 0. The number of carbonyl (C=O) groups is 2. The van der Waals surface area contributed by atoms with Gasteiger partial charge < -0.3 is 9.64 Å². The lowest BCUT2D eigenvalue weighted by Crippen LogP contribution is -2.54. The van der Waals surface area contributed by atoms with Crippen molar-refractivity contribution in [2.45, 2.75) is 59.2 Å². The van der Waals surface area contributed by atoms with E-state index in [-0.39, 0.29) is 29.9 Å². The van der Waals surface area contributed by atoms with Crippen molar-refractivity contribution < 1.29 is 18.7 Å². The molecule has 6 nitrogen and oxygen atoms in total. The van der Waals surface area contributed by atoms with Gasteiger partial charge in [-0.1, -0.05) is 11.6 Å². The van der Waals surface area contributed by atoms with E-state index in [0.717, 1.165) is 22.9 Å². The number of piperazine rings is 1. The van der Waals surface area contributed by atoms with Gasteiger partial charge in [0.05, 0.1) is 6.20 Å². The third kappa shape index (κ3) is 6.74. The summed E-state index contributed by atoms with van der Waals surface area (Å²) in [6.45, 7) is 12.2. The molecule has 2 aromatic rings. The Kier molecular flexibility index (Phi) is 7.75. The maximum Gasteiger partial charge on any atom is 0.410 e. The molecule has 0 radical (unpaired) electrons. The number of hydrogen-bond donors (Lipinski definition) is 0. The van der Waals surface area contributed by atoms with E-state index in [2.05, 4.69) is 9.88 Å². The molecule has 1 atom stereocenters. The van der Waals surface area contributed by atoms with Gasteiger partial charge in [-0.3, -0.25) is 14.7 Å². The summed E-state index contributed by atoms with van der Waals surface area (Å²) in [6.07, 6.45) is 2.27. The normalized spacial score (nSPS) is 17.2. The maximum absolute atomic E-state index is 13.5. The highest BCUT2D eigenvalue weighted by molar-refractivity contribution is 6.30. The van der Waals surface area contributed by atoms with Crippen molar-refractivity contribution in [3.05, 3.63) is 63.7 Å². The van der Waals surface area contributed by atoms with Crippen LogP contribution in [0.5, 0.6) is 0 Å². The summed E-state index contributed by atoms with van der Waals surface area (Å²) in [6, 6.07) is 4.91. The SMILES string of the molecule is Cc1c(CC(=O)c2cncc(F)c2)cc(Cl)cc1CN1CCN(C(=O)OC(C)(C)C)[C@@H](C)C1. The minimum Gasteiger partial charge on any atom is -0.444 e. The number of amides is 1. The molecule has 1 aliphatic rings. The predicted octanol–water partition coefficient (Wildman–Crippen LogP) is 5.05. The van der Waals surface area contributed by atoms with Gasteiger partial charge >= 0.3 is 6.09 Å². The van der Waals surface area contributed by atoms with Crippen LogP contribution in [0, 0.1) is 12.7 Å². The molecule has 3 rings (SSSR count). The van der Waals surface area contributed by atoms with Crippen LogP contribution in [0.25, 0.3) is 0 Å². The van der Waals surface area contributed by atoms with Gasteiger partial charge in [-0.05, 0) is 69.5 Å². The molecule has 178 valence electrons. The first-order chi connectivity index (χ1) is 15.4. The van der Waals surface area contributed by atoms with Crippen LogP contribution in [0.4, 0.5) is 9.18 Å². The summed E-state index contributed by atoms with van der Waals surface area (Å²) in [5, 5.41) is 0.552. The lowest BCUT2D eigenvalue weighted by atomic mass is 9.96. The first-order valence-electron chi connectivity index (χ1n) is 11.1. The molecule has 0 bridgehead atoms. The average Bonchev–Trinajstić information content (AvgIpc) is 2.70. The van der Waals surface area contributed by atoms with Gasteiger partial charge in [0.2, 0.25) is 0 Å². The number of Topliss-reactive ketones (excluding diaryl/α,β-unsaturated/α-hetero) is 1. The van der Waals surface area contributed by atoms with Gasteiger partial charge in [0.15, 0.2) is 5.78 Å². The topological polar surface area (TPSA) is 62.7 Å². The van der Waals surface area contributed by atoms with E-state index in [1.165, 1.54) is 12.3 Å². The fourth-order valence-corrected chi connectivity index (χ4v) is 4.26. The third-order valence-corrected chi connectivity index (χ3v) is 5.92. The Morgan fingerprint density at radius 3 is 2.52 bits per heavy atom. The highest BCUT2D eigenvalue weighted by atomic mass is 35.5. The lowest BCUT2D eigenvalue weighted by molar-refractivity contribution is 0.000532. The molecule has 0 saturated carbocycles. The van der Waals surface area contributed by atoms with Crippen molar-refractivity contribution >= 4 is 23.5 Å². The van der Waals surface area contributed by atoms with Crippen LogP contribution in [-0.4, -0.2) is 57.9 Å². The summed E-state index contributed by atoms with van der Waals surface area (Å²) < 4.78 is 19.0. The first kappa shape index (κ1) is 25.1. The van der Waals surface area contributed by atoms with Gasteiger partial charge in [0, 0.05) is 55.4 Å². The number of nitrogens with zero attached hydrogens (tertiary/aromatic N) is 3. The number of pyridine rings is 1. The highest BCUT2D eigenvalue weighted by Crippen LogP contribution is 2.25. The fourth-order valence-electron chi connectivity index (χ4n) is 3.99. The number of aromatic nitrogens is 1. The van der Waals surface area contributed by atoms with Crippen molar-refractivity contribution in [1.29, 1.82) is 0 Å². The largest absolute Gasteiger partial charge is 0.444 e. The second kappa shape index (κ2) is 10.2. The van der Waals surface area contributed by atoms with E-state index in [1.807, 2.05) is 40.7 Å². The van der Waals surface area contributed by atoms with E-state index >= 15 is 0 Å². The van der Waals surface area contributed by atoms with Crippen LogP contribution < -0.4 is 0 Å². The van der Waals surface area contributed by atoms with Crippen molar-refractivity contribution in [3.63, 3.8) is 0 Å². The summed E-state index contributed by atoms with van der Waals surface area (Å²) in [5.41, 5.74) is 2.54. The Morgan fingerprint density at radius 2 is 1.88 bits per heavy atom. The first-order valence-corrected chi connectivity index (χ1v) is 11.4. The molecule has 1 saturated heterocycles. The smallest absolute Gasteiger partial charge is 0.410 e. The zero-order valence-electron chi connectivity index (χ0n) is 19.8. The fraction of sp³-hybridized carbons (Fsp3) is 0.480. The number of benzene rings is 1. The van der Waals surface area contributed by atoms with Gasteiger partial charge in [0.1, 0.15) is 11.4 Å². The quantitative estimate of drug-likeness (QED) is 0.566. The Bertz CT molecular complexity index is 1040. The van der Waals surface area contributed by atoms with Crippen LogP contribution in [-0.2, 0) is 17.7 Å². The summed E-state index contributed by atoms with van der Waals surface area (Å²) in [5.74, 6) is -0.748. The number of halogens is 2. The van der Waals surface area contributed by atoms with Crippen LogP contribution in [0.2, 0.25) is 5.02 Å². The van der Waals surface area contributed by atoms with E-state index in [9.17, 15) is 14.0 Å². The molecule has 1 amide bonds. The molecule has 0 spiro atoms. The number of hydrogen-bond acceptors (Lipinski definition) is 5. The van der Waals surface area contributed by atoms with Crippen molar-refractivity contribution in [3.8, 4) is 0 Å². The second-order valence-corrected chi connectivity index (χ2v) is 10.0. The molecule has 1 fully saturated rings. The summed E-state index contributed by atoms with van der Waals surface area (Å²) >= 11 is 6.38. The number of ketones is 1. The van der Waals surface area contributed by atoms with E-state index in [4.69, 9.17) is 16.3 Å². The molecule has 1 aromatic heterocycles. The van der Waals surface area contributed by atoms with Gasteiger partial charge in [-0.25, -0.2) is 9.18 Å². The molecule has 1 aromatic carbocycles. The van der Waals surface area contributed by atoms with Crippen LogP contribution >= 0.6 is 11.6 Å². The van der Waals surface area contributed by atoms with Crippen molar-refractivity contribution in [2.24, 2.45) is 0 Å². The van der Waals surface area contributed by atoms with Gasteiger partial charge in [-0.15, -0.1) is 0 Å². The minimum atomic E-state index is -0.538. The zero-order valence-corrected chi connectivity index (χ0v) is 20.6. The molecule has 0 aliphatic carbocycles. The lowest BCUT2D eigenvalue weighted by Gasteiger charge is -2.40. The minimum absolute atomic E-state index is 0.00890. The monoisotopic (exact) mass is 475 g/mol. The van der Waals surface area contributed by atoms with E-state index in [1.54, 1.807) is 11.0 Å². The molecule has 8 heteroatoms. The van der Waals surface area contributed by atoms with Crippen LogP contribution in [0.3, 0.4) is 0 Å². The predicted molar refractivity (Wildman–Crippen MR) is 126 cm³/mol. The standard InChI is InChI=1S/C25H31ClFN3O3/c1-16-14-29(6-7-30(16)24(32)33-25(3,4)5)15-20-9-21(26)8-18(17(20)2)11-23(31)19-10-22(27)13-28-12-19/h8-10,12-13,16H,6-7,11,14-15H2,1-5H3/t16-/m0/s1. The molecule has 0 N–H and O–H groups in total. The van der Waals surface area contributed by atoms with E-state index in [0.29, 0.717) is 31.2 Å². The number of ether oxygens (including phenoxy) is 1. The Hall–Kier alpha value is -2.51. The Balaban J connectivity index is 1.69. The molecule has 0 unspecified atom stereocenters. The van der Waals surface area contributed by atoms with E-state index < -0.39 is 11.4 Å². The Labute approximate surface area is 199 Å². The van der Waals surface area contributed by atoms with Crippen LogP contribution in [0.1, 0.15) is 54.7 Å². The van der Waals surface area contributed by atoms with Gasteiger partial charge in [0.25, 0.3) is 0 Å². The number of carbonyl (C=O) groups excluding carboxylic acids is 2. The zero-order chi connectivity index (χ0) is 24.3. The third-order valence-electron chi connectivity index (χ3n) is 5.70. The number of rotatable bonds is 5. The van der Waals surface area contributed by atoms with Crippen molar-refractivity contribution in [1.82, 2.24) is 14.8 Å². The maximum atomic E-state index is 13.5.